The number of anilines is 1. The highest BCUT2D eigenvalue weighted by molar-refractivity contribution is 8.00. The van der Waals surface area contributed by atoms with E-state index in [1.54, 1.807) is 24.2 Å². The van der Waals surface area contributed by atoms with Crippen LogP contribution in [-0.4, -0.2) is 32.2 Å². The number of hydrogen-bond donors (Lipinski definition) is 0. The van der Waals surface area contributed by atoms with E-state index in [1.165, 1.54) is 11.8 Å². The fraction of sp³-hybridized carbons (Fsp3) is 0.190. The summed E-state index contributed by atoms with van der Waals surface area (Å²) in [7, 11) is 0. The van der Waals surface area contributed by atoms with E-state index in [-0.39, 0.29) is 11.9 Å². The zero-order valence-electron chi connectivity index (χ0n) is 15.3. The van der Waals surface area contributed by atoms with E-state index < -0.39 is 0 Å². The van der Waals surface area contributed by atoms with Gasteiger partial charge >= 0.3 is 0 Å². The minimum Gasteiger partial charge on any atom is -0.305 e. The summed E-state index contributed by atoms with van der Waals surface area (Å²) in [4.78, 5) is 16.4. The van der Waals surface area contributed by atoms with Crippen molar-refractivity contribution in [3.63, 3.8) is 0 Å². The van der Waals surface area contributed by atoms with Crippen LogP contribution in [0.5, 0.6) is 0 Å². The summed E-state index contributed by atoms with van der Waals surface area (Å²) in [6.07, 6.45) is 3.45. The van der Waals surface area contributed by atoms with Crippen molar-refractivity contribution in [2.24, 2.45) is 0 Å². The second-order valence-corrected chi connectivity index (χ2v) is 8.32. The van der Waals surface area contributed by atoms with Crippen LogP contribution in [0, 0.1) is 0 Å². The Labute approximate surface area is 172 Å². The number of thioether (sulfide) groups is 2. The van der Waals surface area contributed by atoms with Crippen molar-refractivity contribution in [3.8, 4) is 0 Å². The second kappa shape index (κ2) is 8.67. The Bertz CT molecular complexity index is 973. The van der Waals surface area contributed by atoms with E-state index >= 15 is 0 Å². The second-order valence-electron chi connectivity index (χ2n) is 6.31. The Kier molecular flexibility index (Phi) is 5.83. The lowest BCUT2D eigenvalue weighted by molar-refractivity contribution is -0.116. The van der Waals surface area contributed by atoms with Crippen molar-refractivity contribution in [2.45, 2.75) is 22.6 Å². The number of allylic oxidation sites excluding steroid dienone is 1. The van der Waals surface area contributed by atoms with Crippen LogP contribution < -0.4 is 4.90 Å². The van der Waals surface area contributed by atoms with Crippen molar-refractivity contribution >= 4 is 35.1 Å². The van der Waals surface area contributed by atoms with Crippen LogP contribution in [0.15, 0.2) is 83.6 Å². The van der Waals surface area contributed by atoms with Gasteiger partial charge in [-0.05, 0) is 17.7 Å². The first-order valence-corrected chi connectivity index (χ1v) is 11.0. The number of carbonyl (C=O) groups is 1. The topological polar surface area (TPSA) is 51.0 Å². The van der Waals surface area contributed by atoms with Crippen LogP contribution >= 0.6 is 23.5 Å². The number of carbonyl (C=O) groups excluding carboxylic acids is 1. The highest BCUT2D eigenvalue weighted by Gasteiger charge is 2.32. The van der Waals surface area contributed by atoms with Gasteiger partial charge in [0.2, 0.25) is 5.91 Å². The molecule has 0 radical (unpaired) electrons. The number of nitrogens with zero attached hydrogens (tertiary/aromatic N) is 4. The summed E-state index contributed by atoms with van der Waals surface area (Å²) in [5.41, 5.74) is 2.13. The third-order valence-electron chi connectivity index (χ3n) is 4.52. The molecule has 1 unspecified atom stereocenters. The summed E-state index contributed by atoms with van der Waals surface area (Å²) < 4.78 is 1.89. The molecule has 0 N–H and O–H groups in total. The largest absolute Gasteiger partial charge is 0.305 e. The van der Waals surface area contributed by atoms with Crippen LogP contribution in [0.25, 0.3) is 0 Å². The quantitative estimate of drug-likeness (QED) is 0.446. The van der Waals surface area contributed by atoms with Gasteiger partial charge in [-0.15, -0.1) is 28.5 Å². The number of benzene rings is 2. The van der Waals surface area contributed by atoms with Gasteiger partial charge in [-0.25, -0.2) is 0 Å². The molecular formula is C21H20N4OS2. The van der Waals surface area contributed by atoms with Crippen LogP contribution in [0.2, 0.25) is 0 Å². The average molecular weight is 409 g/mol. The van der Waals surface area contributed by atoms with Crippen molar-refractivity contribution in [2.75, 3.05) is 16.4 Å². The molecule has 0 fully saturated rings. The number of fused-ring (bicyclic) bond motifs is 1. The molecule has 0 aliphatic carbocycles. The zero-order valence-corrected chi connectivity index (χ0v) is 16.9. The van der Waals surface area contributed by atoms with Crippen molar-refractivity contribution < 1.29 is 4.79 Å². The fourth-order valence-electron chi connectivity index (χ4n) is 3.23. The lowest BCUT2D eigenvalue weighted by atomic mass is 10.1. The molecule has 142 valence electrons. The maximum absolute atomic E-state index is 13.3. The summed E-state index contributed by atoms with van der Waals surface area (Å²) in [6.45, 7) is 4.38. The molecule has 1 aliphatic rings. The highest BCUT2D eigenvalue weighted by atomic mass is 32.2. The van der Waals surface area contributed by atoms with Gasteiger partial charge in [-0.2, -0.15) is 0 Å². The Hall–Kier alpha value is -2.51. The van der Waals surface area contributed by atoms with Crippen LogP contribution in [-0.2, 0) is 11.3 Å². The Morgan fingerprint density at radius 3 is 2.82 bits per heavy atom. The van der Waals surface area contributed by atoms with Gasteiger partial charge in [0.15, 0.2) is 5.16 Å². The van der Waals surface area contributed by atoms with Crippen LogP contribution in [0.1, 0.15) is 11.6 Å². The molecular weight excluding hydrogens is 388 g/mol. The van der Waals surface area contributed by atoms with Gasteiger partial charge in [-0.1, -0.05) is 60.3 Å². The highest BCUT2D eigenvalue weighted by Crippen LogP contribution is 2.43. The van der Waals surface area contributed by atoms with Crippen molar-refractivity contribution in [1.82, 2.24) is 14.8 Å². The average Bonchev–Trinajstić information content (AvgIpc) is 3.19. The van der Waals surface area contributed by atoms with Gasteiger partial charge in [0.25, 0.3) is 0 Å². The van der Waals surface area contributed by atoms with Crippen LogP contribution in [0.4, 0.5) is 5.69 Å². The first-order chi connectivity index (χ1) is 13.8. The lowest BCUT2D eigenvalue weighted by Gasteiger charge is -2.37. The number of amides is 1. The molecule has 0 saturated heterocycles. The van der Waals surface area contributed by atoms with E-state index in [0.29, 0.717) is 12.3 Å². The third kappa shape index (κ3) is 3.86. The first kappa shape index (κ1) is 18.8. The summed E-state index contributed by atoms with van der Waals surface area (Å²) in [5.74, 6) is 1.21. The molecule has 1 aromatic heterocycles. The summed E-state index contributed by atoms with van der Waals surface area (Å²) >= 11 is 3.21. The molecule has 1 atom stereocenters. The molecule has 1 aliphatic heterocycles. The predicted molar refractivity (Wildman–Crippen MR) is 115 cm³/mol. The van der Waals surface area contributed by atoms with Gasteiger partial charge in [0, 0.05) is 17.2 Å². The van der Waals surface area contributed by atoms with E-state index in [9.17, 15) is 4.79 Å². The zero-order chi connectivity index (χ0) is 19.3. The van der Waals surface area contributed by atoms with E-state index in [4.69, 9.17) is 0 Å². The summed E-state index contributed by atoms with van der Waals surface area (Å²) in [6, 6.07) is 18.4. The summed E-state index contributed by atoms with van der Waals surface area (Å²) in [5, 5.41) is 8.80. The Morgan fingerprint density at radius 2 is 2.00 bits per heavy atom. The molecule has 5 nitrogen and oxygen atoms in total. The fourth-order valence-corrected chi connectivity index (χ4v) is 5.19. The molecule has 0 saturated carbocycles. The number of hydrogen-bond acceptors (Lipinski definition) is 5. The maximum Gasteiger partial charge on any atom is 0.238 e. The molecule has 2 aromatic carbocycles. The SMILES string of the molecule is C=CCn1cnnc1SCC(=O)N1c2ccccc2SCC1c1ccccc1. The monoisotopic (exact) mass is 408 g/mol. The molecule has 4 rings (SSSR count). The van der Waals surface area contributed by atoms with Gasteiger partial charge in [0.05, 0.1) is 17.5 Å². The van der Waals surface area contributed by atoms with E-state index in [2.05, 4.69) is 35.0 Å². The molecule has 2 heterocycles. The first-order valence-electron chi connectivity index (χ1n) is 8.98. The standard InChI is InChI=1S/C21H20N4OS2/c1-2-12-24-15-22-23-21(24)28-14-20(26)25-17-10-6-7-11-19(17)27-13-18(25)16-8-4-3-5-9-16/h2-11,15,18H,1,12-14H2. The number of para-hydroxylation sites is 1. The smallest absolute Gasteiger partial charge is 0.238 e. The van der Waals surface area contributed by atoms with Gasteiger partial charge < -0.3 is 9.47 Å². The molecule has 0 spiro atoms. The Morgan fingerprint density at radius 1 is 1.21 bits per heavy atom. The minimum atomic E-state index is 0.0141. The van der Waals surface area contributed by atoms with E-state index in [0.717, 1.165) is 27.1 Å². The van der Waals surface area contributed by atoms with Gasteiger partial charge in [-0.3, -0.25) is 4.79 Å². The molecule has 0 bridgehead atoms. The molecule has 28 heavy (non-hydrogen) atoms. The molecule has 1 amide bonds. The van der Waals surface area contributed by atoms with Gasteiger partial charge in [0.1, 0.15) is 6.33 Å². The Balaban J connectivity index is 1.60. The lowest BCUT2D eigenvalue weighted by Crippen LogP contribution is -2.39. The molecule has 3 aromatic rings. The minimum absolute atomic E-state index is 0.0141. The predicted octanol–water partition coefficient (Wildman–Crippen LogP) is 4.44. The number of aromatic nitrogens is 3. The molecule has 7 heteroatoms. The van der Waals surface area contributed by atoms with Crippen LogP contribution in [0.3, 0.4) is 0 Å². The maximum atomic E-state index is 13.3. The normalized spacial score (nSPS) is 15.9. The number of rotatable bonds is 6. The third-order valence-corrected chi connectivity index (χ3v) is 6.62. The van der Waals surface area contributed by atoms with Crippen molar-refractivity contribution in [3.05, 3.63) is 79.1 Å². The van der Waals surface area contributed by atoms with Crippen molar-refractivity contribution in [1.29, 1.82) is 0 Å². The van der Waals surface area contributed by atoms with E-state index in [1.807, 2.05) is 45.9 Å².